The molecule has 0 aliphatic carbocycles. The fraction of sp³-hybridized carbons (Fsp3) is 0.364. The summed E-state index contributed by atoms with van der Waals surface area (Å²) in [4.78, 5) is 3.97. The highest BCUT2D eigenvalue weighted by atomic mass is 35.5. The van der Waals surface area contributed by atoms with Crippen LogP contribution in [0.15, 0.2) is 28.9 Å². The predicted molar refractivity (Wildman–Crippen MR) is 65.0 cm³/mol. The zero-order chi connectivity index (χ0) is 12.1. The summed E-state index contributed by atoms with van der Waals surface area (Å²) >= 11 is 5.59. The molecule has 1 atom stereocenters. The maximum absolute atomic E-state index is 5.59. The number of rotatable bonds is 5. The summed E-state index contributed by atoms with van der Waals surface area (Å²) in [6.45, 7) is 2.01. The Bertz CT molecular complexity index is 460. The highest BCUT2D eigenvalue weighted by molar-refractivity contribution is 6.17. The Balaban J connectivity index is 2.00. The molecule has 5 nitrogen and oxygen atoms in total. The molecule has 6 heteroatoms. The zero-order valence-corrected chi connectivity index (χ0v) is 10.2. The topological polar surface area (TPSA) is 63.8 Å². The van der Waals surface area contributed by atoms with E-state index in [1.165, 1.54) is 0 Å². The molecule has 2 aromatic rings. The van der Waals surface area contributed by atoms with Crippen molar-refractivity contribution in [1.29, 1.82) is 0 Å². The van der Waals surface area contributed by atoms with E-state index in [1.807, 2.05) is 19.1 Å². The van der Waals surface area contributed by atoms with E-state index in [1.54, 1.807) is 12.4 Å². The van der Waals surface area contributed by atoms with E-state index in [4.69, 9.17) is 16.0 Å². The summed E-state index contributed by atoms with van der Waals surface area (Å²) in [6, 6.07) is 4.37. The van der Waals surface area contributed by atoms with Crippen LogP contribution in [0.25, 0.3) is 0 Å². The Kier molecular flexibility index (Phi) is 3.93. The van der Waals surface area contributed by atoms with E-state index in [-0.39, 0.29) is 6.04 Å². The molecule has 0 radical (unpaired) electrons. The number of nitrogens with one attached hydrogen (secondary N) is 1. The molecule has 0 aliphatic heterocycles. The fourth-order valence-corrected chi connectivity index (χ4v) is 1.58. The smallest absolute Gasteiger partial charge is 0.315 e. The number of anilines is 1. The average molecular weight is 253 g/mol. The van der Waals surface area contributed by atoms with Crippen molar-refractivity contribution in [2.75, 3.05) is 11.2 Å². The summed E-state index contributed by atoms with van der Waals surface area (Å²) in [5.74, 6) is 1.02. The van der Waals surface area contributed by atoms with Crippen molar-refractivity contribution in [3.63, 3.8) is 0 Å². The van der Waals surface area contributed by atoms with Crippen LogP contribution in [0.2, 0.25) is 0 Å². The molecule has 2 rings (SSSR count). The number of halogens is 1. The van der Waals surface area contributed by atoms with Gasteiger partial charge in [0, 0.05) is 24.7 Å². The van der Waals surface area contributed by atoms with Gasteiger partial charge in [0.15, 0.2) is 0 Å². The Hall–Kier alpha value is -1.62. The van der Waals surface area contributed by atoms with Gasteiger partial charge in [0.25, 0.3) is 0 Å². The molecule has 1 N–H and O–H groups in total. The molecule has 17 heavy (non-hydrogen) atoms. The largest absolute Gasteiger partial charge is 0.408 e. The molecule has 0 aliphatic rings. The van der Waals surface area contributed by atoms with Crippen molar-refractivity contribution in [2.24, 2.45) is 0 Å². The standard InChI is InChI=1S/C11H13ClN4O/c1-8(9-3-6-13-7-4-9)14-11-16-15-10(17-11)2-5-12/h3-4,6-8H,2,5H2,1H3,(H,14,16). The van der Waals surface area contributed by atoms with Crippen molar-refractivity contribution in [2.45, 2.75) is 19.4 Å². The summed E-state index contributed by atoms with van der Waals surface area (Å²) < 4.78 is 5.38. The molecule has 0 bridgehead atoms. The van der Waals surface area contributed by atoms with E-state index in [0.717, 1.165) is 5.56 Å². The number of hydrogen-bond acceptors (Lipinski definition) is 5. The SMILES string of the molecule is CC(Nc1nnc(CCCl)o1)c1ccncc1. The first-order valence-corrected chi connectivity index (χ1v) is 5.88. The zero-order valence-electron chi connectivity index (χ0n) is 9.43. The van der Waals surface area contributed by atoms with E-state index in [2.05, 4.69) is 20.5 Å². The van der Waals surface area contributed by atoms with Gasteiger partial charge in [-0.05, 0) is 24.6 Å². The van der Waals surface area contributed by atoms with Gasteiger partial charge in [0.1, 0.15) is 0 Å². The molecule has 90 valence electrons. The summed E-state index contributed by atoms with van der Waals surface area (Å²) in [5.41, 5.74) is 1.11. The first-order valence-electron chi connectivity index (χ1n) is 5.34. The third kappa shape index (κ3) is 3.17. The normalized spacial score (nSPS) is 12.4. The van der Waals surface area contributed by atoms with E-state index in [9.17, 15) is 0 Å². The molecule has 0 saturated heterocycles. The minimum absolute atomic E-state index is 0.0855. The second kappa shape index (κ2) is 5.63. The highest BCUT2D eigenvalue weighted by Gasteiger charge is 2.10. The van der Waals surface area contributed by atoms with Gasteiger partial charge in [0.05, 0.1) is 6.04 Å². The summed E-state index contributed by atoms with van der Waals surface area (Å²) in [6.07, 6.45) is 4.08. The van der Waals surface area contributed by atoms with Crippen LogP contribution in [0, 0.1) is 0 Å². The maximum atomic E-state index is 5.59. The van der Waals surface area contributed by atoms with Gasteiger partial charge in [-0.1, -0.05) is 5.10 Å². The lowest BCUT2D eigenvalue weighted by atomic mass is 10.1. The van der Waals surface area contributed by atoms with Gasteiger partial charge >= 0.3 is 6.01 Å². The number of nitrogens with zero attached hydrogens (tertiary/aromatic N) is 3. The summed E-state index contributed by atoms with van der Waals surface area (Å²) in [7, 11) is 0. The highest BCUT2D eigenvalue weighted by Crippen LogP contribution is 2.17. The Morgan fingerprint density at radius 3 is 2.82 bits per heavy atom. The van der Waals surface area contributed by atoms with Crippen LogP contribution >= 0.6 is 11.6 Å². The Morgan fingerprint density at radius 1 is 1.35 bits per heavy atom. The van der Waals surface area contributed by atoms with Crippen LogP contribution in [-0.2, 0) is 6.42 Å². The van der Waals surface area contributed by atoms with Gasteiger partial charge in [0.2, 0.25) is 5.89 Å². The minimum Gasteiger partial charge on any atom is -0.408 e. The molecule has 2 heterocycles. The number of pyridine rings is 1. The van der Waals surface area contributed by atoms with Crippen molar-refractivity contribution in [1.82, 2.24) is 15.2 Å². The van der Waals surface area contributed by atoms with Crippen molar-refractivity contribution < 1.29 is 4.42 Å². The van der Waals surface area contributed by atoms with E-state index in [0.29, 0.717) is 24.2 Å². The van der Waals surface area contributed by atoms with E-state index >= 15 is 0 Å². The molecule has 0 amide bonds. The predicted octanol–water partition coefficient (Wildman–Crippen LogP) is 2.42. The molecular weight excluding hydrogens is 240 g/mol. The molecule has 1 unspecified atom stereocenters. The third-order valence-corrected chi connectivity index (χ3v) is 2.51. The monoisotopic (exact) mass is 252 g/mol. The van der Waals surface area contributed by atoms with Crippen LogP contribution in [0.1, 0.15) is 24.4 Å². The van der Waals surface area contributed by atoms with Crippen LogP contribution in [-0.4, -0.2) is 21.1 Å². The van der Waals surface area contributed by atoms with Gasteiger partial charge in [-0.15, -0.1) is 16.7 Å². The van der Waals surface area contributed by atoms with Crippen LogP contribution in [0.3, 0.4) is 0 Å². The Morgan fingerprint density at radius 2 is 2.12 bits per heavy atom. The lowest BCUT2D eigenvalue weighted by molar-refractivity contribution is 0.508. The number of hydrogen-bond donors (Lipinski definition) is 1. The lowest BCUT2D eigenvalue weighted by Gasteiger charge is -2.11. The van der Waals surface area contributed by atoms with Gasteiger partial charge in [-0.2, -0.15) is 0 Å². The summed E-state index contributed by atoms with van der Waals surface area (Å²) in [5, 5.41) is 10.9. The number of aryl methyl sites for hydroxylation is 1. The van der Waals surface area contributed by atoms with Crippen LogP contribution in [0.5, 0.6) is 0 Å². The minimum atomic E-state index is 0.0855. The molecule has 0 spiro atoms. The van der Waals surface area contributed by atoms with Crippen LogP contribution in [0.4, 0.5) is 6.01 Å². The molecule has 0 aromatic carbocycles. The molecule has 2 aromatic heterocycles. The second-order valence-electron chi connectivity index (χ2n) is 3.59. The second-order valence-corrected chi connectivity index (χ2v) is 3.96. The first-order chi connectivity index (χ1) is 8.29. The van der Waals surface area contributed by atoms with E-state index < -0.39 is 0 Å². The molecular formula is C11H13ClN4O. The van der Waals surface area contributed by atoms with Crippen LogP contribution < -0.4 is 5.32 Å². The van der Waals surface area contributed by atoms with Crippen molar-refractivity contribution in [3.8, 4) is 0 Å². The Labute approximate surface area is 104 Å². The van der Waals surface area contributed by atoms with Gasteiger partial charge in [-0.25, -0.2) is 0 Å². The van der Waals surface area contributed by atoms with Gasteiger partial charge < -0.3 is 9.73 Å². The third-order valence-electron chi connectivity index (χ3n) is 2.32. The van der Waals surface area contributed by atoms with Crippen molar-refractivity contribution in [3.05, 3.63) is 36.0 Å². The average Bonchev–Trinajstić information content (AvgIpc) is 2.78. The first kappa shape index (κ1) is 11.9. The molecule has 0 fully saturated rings. The quantitative estimate of drug-likeness (QED) is 0.828. The fourth-order valence-electron chi connectivity index (χ4n) is 1.41. The number of alkyl halides is 1. The maximum Gasteiger partial charge on any atom is 0.315 e. The van der Waals surface area contributed by atoms with Gasteiger partial charge in [-0.3, -0.25) is 4.98 Å². The molecule has 0 saturated carbocycles. The van der Waals surface area contributed by atoms with Crippen molar-refractivity contribution >= 4 is 17.6 Å². The lowest BCUT2D eigenvalue weighted by Crippen LogP contribution is -2.06. The number of aromatic nitrogens is 3.